The summed E-state index contributed by atoms with van der Waals surface area (Å²) in [6, 6.07) is 0.252. The van der Waals surface area contributed by atoms with Gasteiger partial charge in [0.2, 0.25) is 5.91 Å². The minimum Gasteiger partial charge on any atom is -0.354 e. The van der Waals surface area contributed by atoms with Gasteiger partial charge >= 0.3 is 4.87 Å². The van der Waals surface area contributed by atoms with Crippen molar-refractivity contribution in [1.82, 2.24) is 15.2 Å². The van der Waals surface area contributed by atoms with Crippen LogP contribution in [0.25, 0.3) is 0 Å². The second-order valence-electron chi connectivity index (χ2n) is 4.41. The van der Waals surface area contributed by atoms with E-state index in [4.69, 9.17) is 0 Å². The molecule has 0 radical (unpaired) electrons. The lowest BCUT2D eigenvalue weighted by Gasteiger charge is -2.11. The second-order valence-corrected chi connectivity index (χ2v) is 5.57. The van der Waals surface area contributed by atoms with Crippen LogP contribution in [0.1, 0.15) is 23.9 Å². The van der Waals surface area contributed by atoms with E-state index in [0.717, 1.165) is 10.6 Å². The average Bonchev–Trinajstić information content (AvgIpc) is 2.58. The number of amides is 1. The number of nitrogens with one attached hydrogen (secondary N) is 2. The van der Waals surface area contributed by atoms with Crippen LogP contribution in [-0.4, -0.2) is 30.1 Å². The third-order valence-corrected chi connectivity index (χ3v) is 4.03. The highest BCUT2D eigenvalue weighted by Crippen LogP contribution is 2.09. The highest BCUT2D eigenvalue weighted by atomic mass is 35.5. The Morgan fingerprint density at radius 1 is 1.42 bits per heavy atom. The predicted molar refractivity (Wildman–Crippen MR) is 81.4 cm³/mol. The molecular formula is C12H22ClN3O2S. The van der Waals surface area contributed by atoms with E-state index >= 15 is 0 Å². The molecule has 0 aliphatic heterocycles. The predicted octanol–water partition coefficient (Wildman–Crippen LogP) is 1.06. The molecule has 1 aromatic rings. The number of rotatable bonds is 6. The van der Waals surface area contributed by atoms with E-state index in [1.807, 2.05) is 27.8 Å². The molecule has 110 valence electrons. The topological polar surface area (TPSA) is 63.1 Å². The third-order valence-electron chi connectivity index (χ3n) is 3.04. The fourth-order valence-corrected chi connectivity index (χ4v) is 2.37. The van der Waals surface area contributed by atoms with E-state index in [2.05, 4.69) is 10.6 Å². The summed E-state index contributed by atoms with van der Waals surface area (Å²) in [5.41, 5.74) is 0.960. The summed E-state index contributed by atoms with van der Waals surface area (Å²) >= 11 is 1.24. The number of halogens is 1. The molecule has 1 heterocycles. The molecule has 5 nitrogen and oxygen atoms in total. The van der Waals surface area contributed by atoms with Gasteiger partial charge in [-0.2, -0.15) is 0 Å². The highest BCUT2D eigenvalue weighted by molar-refractivity contribution is 7.09. The lowest BCUT2D eigenvalue weighted by atomic mass is 10.3. The molecule has 0 aliphatic rings. The molecule has 1 aromatic heterocycles. The number of carbonyl (C=O) groups is 1. The fraction of sp³-hybridized carbons (Fsp3) is 0.667. The Balaban J connectivity index is 0.00000324. The molecule has 1 rings (SSSR count). The average molecular weight is 308 g/mol. The third kappa shape index (κ3) is 5.34. The number of aromatic nitrogens is 1. The van der Waals surface area contributed by atoms with E-state index in [-0.39, 0.29) is 29.2 Å². The van der Waals surface area contributed by atoms with Crippen molar-refractivity contribution in [3.05, 3.63) is 20.2 Å². The molecule has 0 bridgehead atoms. The zero-order chi connectivity index (χ0) is 13.7. The van der Waals surface area contributed by atoms with Gasteiger partial charge in [-0.05, 0) is 27.8 Å². The summed E-state index contributed by atoms with van der Waals surface area (Å²) in [5.74, 6) is -0.0211. The van der Waals surface area contributed by atoms with Crippen molar-refractivity contribution in [2.24, 2.45) is 0 Å². The number of carbonyl (C=O) groups excluding carboxylic acids is 1. The first-order valence-electron chi connectivity index (χ1n) is 6.06. The Labute approximate surface area is 123 Å². The van der Waals surface area contributed by atoms with Crippen molar-refractivity contribution < 1.29 is 4.79 Å². The monoisotopic (exact) mass is 307 g/mol. The maximum Gasteiger partial charge on any atom is 0.307 e. The highest BCUT2D eigenvalue weighted by Gasteiger charge is 2.09. The Kier molecular flexibility index (Phi) is 7.97. The van der Waals surface area contributed by atoms with Crippen LogP contribution in [0.15, 0.2) is 4.79 Å². The summed E-state index contributed by atoms with van der Waals surface area (Å²) in [4.78, 5) is 24.3. The standard InChI is InChI=1S/C12H21N3O2S.ClH/c1-8(13-4)7-14-11(16)5-6-15-9(2)10(3)18-12(15)17;/h8,13H,5-7H2,1-4H3,(H,14,16);1H. The van der Waals surface area contributed by atoms with Crippen LogP contribution in [-0.2, 0) is 11.3 Å². The van der Waals surface area contributed by atoms with Crippen molar-refractivity contribution in [2.45, 2.75) is 39.8 Å². The number of hydrogen-bond acceptors (Lipinski definition) is 4. The van der Waals surface area contributed by atoms with Crippen LogP contribution < -0.4 is 15.5 Å². The van der Waals surface area contributed by atoms with E-state index < -0.39 is 0 Å². The zero-order valence-electron chi connectivity index (χ0n) is 11.8. The number of likely N-dealkylation sites (N-methyl/N-ethyl adjacent to an activating group) is 1. The van der Waals surface area contributed by atoms with Gasteiger partial charge in [-0.3, -0.25) is 9.59 Å². The van der Waals surface area contributed by atoms with Crippen LogP contribution in [0.4, 0.5) is 0 Å². The van der Waals surface area contributed by atoms with Gasteiger partial charge in [0, 0.05) is 36.1 Å². The Hall–Kier alpha value is -0.850. The van der Waals surface area contributed by atoms with Crippen LogP contribution in [0.5, 0.6) is 0 Å². The van der Waals surface area contributed by atoms with Gasteiger partial charge in [0.25, 0.3) is 0 Å². The quantitative estimate of drug-likeness (QED) is 0.826. The maximum atomic E-state index is 11.6. The summed E-state index contributed by atoms with van der Waals surface area (Å²) in [5, 5.41) is 5.88. The molecule has 0 saturated carbocycles. The number of aryl methyl sites for hydroxylation is 1. The zero-order valence-corrected chi connectivity index (χ0v) is 13.4. The molecule has 0 aliphatic carbocycles. The minimum absolute atomic E-state index is 0. The molecule has 2 N–H and O–H groups in total. The van der Waals surface area contributed by atoms with Crippen LogP contribution >= 0.6 is 23.7 Å². The van der Waals surface area contributed by atoms with Crippen molar-refractivity contribution in [1.29, 1.82) is 0 Å². The summed E-state index contributed by atoms with van der Waals surface area (Å²) in [7, 11) is 1.86. The summed E-state index contributed by atoms with van der Waals surface area (Å²) in [6.07, 6.45) is 0.341. The van der Waals surface area contributed by atoms with Crippen molar-refractivity contribution in [3.63, 3.8) is 0 Å². The molecule has 0 saturated heterocycles. The van der Waals surface area contributed by atoms with Crippen molar-refractivity contribution >= 4 is 29.7 Å². The van der Waals surface area contributed by atoms with Gasteiger partial charge in [-0.1, -0.05) is 11.3 Å². The van der Waals surface area contributed by atoms with Gasteiger partial charge in [0.15, 0.2) is 0 Å². The molecule has 0 fully saturated rings. The molecule has 0 spiro atoms. The Bertz CT molecular complexity index is 470. The molecule has 19 heavy (non-hydrogen) atoms. The van der Waals surface area contributed by atoms with E-state index in [0.29, 0.717) is 19.5 Å². The first-order chi connectivity index (χ1) is 8.45. The lowest BCUT2D eigenvalue weighted by molar-refractivity contribution is -0.121. The van der Waals surface area contributed by atoms with Crippen LogP contribution in [0.3, 0.4) is 0 Å². The van der Waals surface area contributed by atoms with Gasteiger partial charge in [-0.15, -0.1) is 12.4 Å². The van der Waals surface area contributed by atoms with Gasteiger partial charge in [0.1, 0.15) is 0 Å². The number of thiazole rings is 1. The summed E-state index contributed by atoms with van der Waals surface area (Å²) < 4.78 is 1.67. The molecular weight excluding hydrogens is 286 g/mol. The molecule has 1 unspecified atom stereocenters. The van der Waals surface area contributed by atoms with E-state index in [1.54, 1.807) is 4.57 Å². The Morgan fingerprint density at radius 2 is 2.05 bits per heavy atom. The molecule has 7 heteroatoms. The first-order valence-corrected chi connectivity index (χ1v) is 6.88. The largest absolute Gasteiger partial charge is 0.354 e. The van der Waals surface area contributed by atoms with Gasteiger partial charge < -0.3 is 15.2 Å². The smallest absolute Gasteiger partial charge is 0.307 e. The molecule has 0 aromatic carbocycles. The van der Waals surface area contributed by atoms with E-state index in [9.17, 15) is 9.59 Å². The lowest BCUT2D eigenvalue weighted by Crippen LogP contribution is -2.37. The van der Waals surface area contributed by atoms with Crippen LogP contribution in [0.2, 0.25) is 0 Å². The van der Waals surface area contributed by atoms with Crippen molar-refractivity contribution in [2.75, 3.05) is 13.6 Å². The van der Waals surface area contributed by atoms with Gasteiger partial charge in [-0.25, -0.2) is 0 Å². The van der Waals surface area contributed by atoms with Crippen molar-refractivity contribution in [3.8, 4) is 0 Å². The second kappa shape index (κ2) is 8.35. The SMILES string of the molecule is CNC(C)CNC(=O)CCn1c(C)c(C)sc1=O.Cl. The first kappa shape index (κ1) is 18.1. The van der Waals surface area contributed by atoms with Crippen LogP contribution in [0, 0.1) is 13.8 Å². The molecule has 1 amide bonds. The van der Waals surface area contributed by atoms with E-state index in [1.165, 1.54) is 11.3 Å². The maximum absolute atomic E-state index is 11.6. The fourth-order valence-electron chi connectivity index (χ4n) is 1.52. The number of nitrogens with zero attached hydrogens (tertiary/aromatic N) is 1. The summed E-state index contributed by atoms with van der Waals surface area (Å²) in [6.45, 7) is 6.89. The molecule has 1 atom stereocenters. The normalized spacial score (nSPS) is 11.8. The number of hydrogen-bond donors (Lipinski definition) is 2. The Morgan fingerprint density at radius 3 is 2.53 bits per heavy atom. The minimum atomic E-state index is -0.0211. The van der Waals surface area contributed by atoms with Gasteiger partial charge in [0.05, 0.1) is 0 Å².